The number of aliphatic carboxylic acids is 1. The molecule has 0 aliphatic carbocycles. The number of nitrogens with zero attached hydrogens (tertiary/aromatic N) is 4. The molecule has 0 radical (unpaired) electrons. The fourth-order valence-electron chi connectivity index (χ4n) is 2.81. The molecule has 8 nitrogen and oxygen atoms in total. The molecular formula is C16H16Cl2N4O4. The van der Waals surface area contributed by atoms with Crippen LogP contribution < -0.4 is 0 Å². The lowest BCUT2D eigenvalue weighted by Gasteiger charge is -2.33. The van der Waals surface area contributed by atoms with Gasteiger partial charge in [0.05, 0.1) is 35.7 Å². The Bertz CT molecular complexity index is 835. The number of para-hydroxylation sites is 1. The monoisotopic (exact) mass is 398 g/mol. The van der Waals surface area contributed by atoms with E-state index in [4.69, 9.17) is 33.0 Å². The van der Waals surface area contributed by atoms with Gasteiger partial charge in [0.2, 0.25) is 5.82 Å². The Hall–Kier alpha value is -2.16. The van der Waals surface area contributed by atoms with Crippen molar-refractivity contribution in [3.8, 4) is 5.69 Å². The molecule has 3 rings (SSSR count). The van der Waals surface area contributed by atoms with Gasteiger partial charge in [0, 0.05) is 6.54 Å². The summed E-state index contributed by atoms with van der Waals surface area (Å²) in [5, 5.41) is 14.0. The fraction of sp³-hybridized carbons (Fsp3) is 0.375. The van der Waals surface area contributed by atoms with Crippen LogP contribution in [0.2, 0.25) is 10.0 Å². The maximum absolute atomic E-state index is 12.8. The van der Waals surface area contributed by atoms with Gasteiger partial charge in [-0.05, 0) is 19.1 Å². The third-order valence-electron chi connectivity index (χ3n) is 4.01. The average molecular weight is 399 g/mol. The van der Waals surface area contributed by atoms with Crippen LogP contribution >= 0.6 is 23.2 Å². The van der Waals surface area contributed by atoms with Gasteiger partial charge >= 0.3 is 5.97 Å². The van der Waals surface area contributed by atoms with Gasteiger partial charge in [-0.15, -0.1) is 5.10 Å². The first-order valence-corrected chi connectivity index (χ1v) is 8.62. The zero-order chi connectivity index (χ0) is 18.8. The number of aryl methyl sites for hydroxylation is 1. The van der Waals surface area contributed by atoms with Crippen molar-refractivity contribution in [2.45, 2.75) is 19.4 Å². The quantitative estimate of drug-likeness (QED) is 0.847. The van der Waals surface area contributed by atoms with Crippen molar-refractivity contribution < 1.29 is 19.4 Å². The number of benzene rings is 1. The first-order valence-electron chi connectivity index (χ1n) is 7.87. The van der Waals surface area contributed by atoms with Gasteiger partial charge in [-0.1, -0.05) is 29.3 Å². The van der Waals surface area contributed by atoms with Gasteiger partial charge < -0.3 is 14.7 Å². The van der Waals surface area contributed by atoms with E-state index >= 15 is 0 Å². The number of morpholine rings is 1. The molecule has 0 bridgehead atoms. The van der Waals surface area contributed by atoms with Crippen LogP contribution in [-0.2, 0) is 9.53 Å². The van der Waals surface area contributed by atoms with E-state index in [2.05, 4.69) is 10.1 Å². The third kappa shape index (κ3) is 3.67. The molecule has 1 unspecified atom stereocenters. The maximum Gasteiger partial charge on any atom is 0.305 e. The van der Waals surface area contributed by atoms with Crippen molar-refractivity contribution in [2.75, 3.05) is 19.8 Å². The summed E-state index contributed by atoms with van der Waals surface area (Å²) in [6, 6.07) is 4.47. The van der Waals surface area contributed by atoms with Crippen molar-refractivity contribution in [1.82, 2.24) is 19.7 Å². The first-order chi connectivity index (χ1) is 12.4. The molecule has 10 heteroatoms. The highest BCUT2D eigenvalue weighted by Gasteiger charge is 2.32. The largest absolute Gasteiger partial charge is 0.481 e. The fourth-order valence-corrected chi connectivity index (χ4v) is 3.36. The molecule has 1 N–H and O–H groups in total. The van der Waals surface area contributed by atoms with Crippen LogP contribution in [0.15, 0.2) is 18.2 Å². The smallest absolute Gasteiger partial charge is 0.305 e. The first kappa shape index (κ1) is 18.6. The molecule has 2 aromatic rings. The normalized spacial score (nSPS) is 17.3. The number of aromatic nitrogens is 3. The zero-order valence-corrected chi connectivity index (χ0v) is 15.4. The average Bonchev–Trinajstić information content (AvgIpc) is 2.96. The summed E-state index contributed by atoms with van der Waals surface area (Å²) in [4.78, 5) is 29.5. The van der Waals surface area contributed by atoms with Crippen molar-refractivity contribution in [1.29, 1.82) is 0 Å². The Morgan fingerprint density at radius 3 is 2.69 bits per heavy atom. The van der Waals surface area contributed by atoms with E-state index in [1.807, 2.05) is 0 Å². The van der Waals surface area contributed by atoms with Crippen LogP contribution in [0.4, 0.5) is 0 Å². The Morgan fingerprint density at radius 1 is 1.35 bits per heavy atom. The van der Waals surface area contributed by atoms with E-state index in [0.29, 0.717) is 28.2 Å². The number of ether oxygens (including phenoxy) is 1. The molecule has 1 amide bonds. The number of carboxylic acids is 1. The molecule has 2 heterocycles. The number of carbonyl (C=O) groups excluding carboxylic acids is 1. The van der Waals surface area contributed by atoms with E-state index in [0.717, 1.165) is 0 Å². The van der Waals surface area contributed by atoms with Crippen LogP contribution in [0.25, 0.3) is 5.69 Å². The summed E-state index contributed by atoms with van der Waals surface area (Å²) >= 11 is 12.4. The lowest BCUT2D eigenvalue weighted by atomic mass is 10.1. The second kappa shape index (κ2) is 7.61. The molecule has 1 aliphatic heterocycles. The minimum Gasteiger partial charge on any atom is -0.481 e. The molecule has 1 aliphatic rings. The third-order valence-corrected chi connectivity index (χ3v) is 4.62. The van der Waals surface area contributed by atoms with Gasteiger partial charge in [-0.3, -0.25) is 9.59 Å². The Kier molecular flexibility index (Phi) is 5.45. The summed E-state index contributed by atoms with van der Waals surface area (Å²) in [5.41, 5.74) is 0.434. The number of halogens is 2. The van der Waals surface area contributed by atoms with E-state index in [1.54, 1.807) is 25.1 Å². The van der Waals surface area contributed by atoms with Gasteiger partial charge in [0.15, 0.2) is 0 Å². The molecule has 138 valence electrons. The minimum atomic E-state index is -1.00. The van der Waals surface area contributed by atoms with Crippen LogP contribution in [0.3, 0.4) is 0 Å². The van der Waals surface area contributed by atoms with Crippen molar-refractivity contribution in [3.63, 3.8) is 0 Å². The molecule has 1 aromatic heterocycles. The highest BCUT2D eigenvalue weighted by atomic mass is 35.5. The van der Waals surface area contributed by atoms with Gasteiger partial charge in [0.1, 0.15) is 11.5 Å². The molecule has 1 aromatic carbocycles. The van der Waals surface area contributed by atoms with Crippen LogP contribution in [0.1, 0.15) is 22.9 Å². The van der Waals surface area contributed by atoms with E-state index in [-0.39, 0.29) is 25.4 Å². The van der Waals surface area contributed by atoms with E-state index in [1.165, 1.54) is 9.58 Å². The summed E-state index contributed by atoms with van der Waals surface area (Å²) in [6.07, 6.45) is -0.207. The standard InChI is InChI=1S/C16H16Cl2N4O4/c1-9-19-15(20-22(9)14-11(17)3-2-4-12(14)18)16(25)21-5-6-26-8-10(21)7-13(23)24/h2-4,10H,5-8H2,1H3,(H,23,24). The predicted molar refractivity (Wildman–Crippen MR) is 94.0 cm³/mol. The lowest BCUT2D eigenvalue weighted by Crippen LogP contribution is -2.49. The Labute approximate surface area is 159 Å². The van der Waals surface area contributed by atoms with Gasteiger partial charge in [0.25, 0.3) is 5.91 Å². The van der Waals surface area contributed by atoms with Gasteiger partial charge in [-0.25, -0.2) is 9.67 Å². The summed E-state index contributed by atoms with van der Waals surface area (Å²) in [7, 11) is 0. The van der Waals surface area contributed by atoms with Crippen LogP contribution in [0.5, 0.6) is 0 Å². The van der Waals surface area contributed by atoms with Crippen molar-refractivity contribution in [3.05, 3.63) is 39.9 Å². The second-order valence-electron chi connectivity index (χ2n) is 5.79. The number of carboxylic acid groups (broad SMARTS) is 1. The van der Waals surface area contributed by atoms with Gasteiger partial charge in [-0.2, -0.15) is 0 Å². The number of rotatable bonds is 4. The summed E-state index contributed by atoms with van der Waals surface area (Å²) in [5.74, 6) is -1.07. The SMILES string of the molecule is Cc1nc(C(=O)N2CCOCC2CC(=O)O)nn1-c1c(Cl)cccc1Cl. The molecular weight excluding hydrogens is 383 g/mol. The number of carbonyl (C=O) groups is 2. The molecule has 26 heavy (non-hydrogen) atoms. The lowest BCUT2D eigenvalue weighted by molar-refractivity contribution is -0.139. The Balaban J connectivity index is 1.93. The molecule has 0 spiro atoms. The highest BCUT2D eigenvalue weighted by Crippen LogP contribution is 2.28. The summed E-state index contributed by atoms with van der Waals surface area (Å²) < 4.78 is 6.70. The number of hydrogen-bond acceptors (Lipinski definition) is 5. The summed E-state index contributed by atoms with van der Waals surface area (Å²) in [6.45, 7) is 2.45. The van der Waals surface area contributed by atoms with Crippen molar-refractivity contribution in [2.24, 2.45) is 0 Å². The zero-order valence-electron chi connectivity index (χ0n) is 13.9. The van der Waals surface area contributed by atoms with Crippen LogP contribution in [-0.4, -0.2) is 62.4 Å². The van der Waals surface area contributed by atoms with E-state index < -0.39 is 17.9 Å². The van der Waals surface area contributed by atoms with Crippen LogP contribution in [0, 0.1) is 6.92 Å². The Morgan fingerprint density at radius 2 is 2.04 bits per heavy atom. The number of hydrogen-bond donors (Lipinski definition) is 1. The number of amides is 1. The predicted octanol–water partition coefficient (Wildman–Crippen LogP) is 2.20. The molecule has 1 atom stereocenters. The van der Waals surface area contributed by atoms with E-state index in [9.17, 15) is 9.59 Å². The molecule has 1 fully saturated rings. The maximum atomic E-state index is 12.8. The second-order valence-corrected chi connectivity index (χ2v) is 6.60. The molecule has 0 saturated carbocycles. The topological polar surface area (TPSA) is 97.6 Å². The highest BCUT2D eigenvalue weighted by molar-refractivity contribution is 6.37. The molecule has 1 saturated heterocycles. The minimum absolute atomic E-state index is 0.0456. The van der Waals surface area contributed by atoms with Crippen molar-refractivity contribution >= 4 is 35.1 Å².